The van der Waals surface area contributed by atoms with Gasteiger partial charge in [-0.1, -0.05) is 65.1 Å². The molecule has 0 bridgehead atoms. The van der Waals surface area contributed by atoms with Gasteiger partial charge in [0.25, 0.3) is 0 Å². The molecule has 2 unspecified atom stereocenters. The zero-order valence-corrected chi connectivity index (χ0v) is 20.2. The van der Waals surface area contributed by atoms with Gasteiger partial charge in [-0.05, 0) is 31.5 Å². The smallest absolute Gasteiger partial charge is 0.245 e. The molecule has 2 aromatic rings. The summed E-state index contributed by atoms with van der Waals surface area (Å²) in [5.74, 6) is 0.225. The van der Waals surface area contributed by atoms with Gasteiger partial charge in [0.15, 0.2) is 5.75 Å². The summed E-state index contributed by atoms with van der Waals surface area (Å²) in [7, 11) is 1.85. The first-order chi connectivity index (χ1) is 13.5. The Kier molecular flexibility index (Phi) is 8.34. The molecule has 0 radical (unpaired) electrons. The molecule has 1 aromatic heterocycles. The molecular weight excluding hydrogens is 481 g/mol. The number of hydrogen-bond donors (Lipinski definition) is 2. The van der Waals surface area contributed by atoms with Crippen molar-refractivity contribution in [2.45, 2.75) is 39.8 Å². The van der Waals surface area contributed by atoms with Gasteiger partial charge in [0, 0.05) is 10.5 Å². The van der Waals surface area contributed by atoms with Crippen molar-refractivity contribution in [3.8, 4) is 5.75 Å². The fraction of sp³-hybridized carbons (Fsp3) is 0.526. The van der Waals surface area contributed by atoms with Gasteiger partial charge < -0.3 is 15.4 Å². The van der Waals surface area contributed by atoms with Gasteiger partial charge in [-0.25, -0.2) is 4.68 Å². The van der Waals surface area contributed by atoms with E-state index >= 15 is 0 Å². The average Bonchev–Trinajstić information content (AvgIpc) is 3.07. The van der Waals surface area contributed by atoms with Crippen LogP contribution in [0.1, 0.15) is 45.5 Å². The molecule has 10 heteroatoms. The van der Waals surface area contributed by atoms with Gasteiger partial charge in [0.05, 0.1) is 28.5 Å². The molecule has 7 nitrogen and oxygen atoms in total. The van der Waals surface area contributed by atoms with E-state index in [-0.39, 0.29) is 24.0 Å². The number of ether oxygens (including phenoxy) is 1. The maximum atomic E-state index is 12.9. The van der Waals surface area contributed by atoms with Crippen molar-refractivity contribution in [1.82, 2.24) is 25.6 Å². The van der Waals surface area contributed by atoms with Crippen LogP contribution in [-0.2, 0) is 4.79 Å². The molecule has 160 valence electrons. The van der Waals surface area contributed by atoms with Gasteiger partial charge in [0.1, 0.15) is 12.6 Å². The number of rotatable bonds is 8. The number of aromatic nitrogens is 3. The van der Waals surface area contributed by atoms with E-state index < -0.39 is 6.04 Å². The largest absolute Gasteiger partial charge is 0.489 e. The third kappa shape index (κ3) is 6.31. The highest BCUT2D eigenvalue weighted by atomic mass is 79.9. The lowest BCUT2D eigenvalue weighted by atomic mass is 9.86. The average molecular weight is 507 g/mol. The summed E-state index contributed by atoms with van der Waals surface area (Å²) in [4.78, 5) is 12.9. The molecule has 1 heterocycles. The van der Waals surface area contributed by atoms with Gasteiger partial charge in [-0.2, -0.15) is 0 Å². The number of nitrogens with zero attached hydrogens (tertiary/aromatic N) is 3. The topological polar surface area (TPSA) is 81.1 Å². The molecular formula is C19H26BrCl2N5O2. The van der Waals surface area contributed by atoms with E-state index in [2.05, 4.69) is 36.9 Å². The number of carbonyl (C=O) groups excluding carboxylic acids is 1. The monoisotopic (exact) mass is 505 g/mol. The molecule has 0 saturated heterocycles. The van der Waals surface area contributed by atoms with Crippen molar-refractivity contribution in [3.05, 3.63) is 38.5 Å². The van der Waals surface area contributed by atoms with Crippen LogP contribution in [0.2, 0.25) is 10.0 Å². The number of benzene rings is 1. The highest BCUT2D eigenvalue weighted by Crippen LogP contribution is 2.36. The van der Waals surface area contributed by atoms with Gasteiger partial charge in [0.2, 0.25) is 5.91 Å². The predicted molar refractivity (Wildman–Crippen MR) is 119 cm³/mol. The van der Waals surface area contributed by atoms with Crippen LogP contribution in [0.15, 0.2) is 22.8 Å². The minimum Gasteiger partial charge on any atom is -0.489 e. The first-order valence-corrected chi connectivity index (χ1v) is 10.7. The Morgan fingerprint density at radius 2 is 1.93 bits per heavy atom. The van der Waals surface area contributed by atoms with Crippen LogP contribution < -0.4 is 15.4 Å². The summed E-state index contributed by atoms with van der Waals surface area (Å²) >= 11 is 15.6. The highest BCUT2D eigenvalue weighted by molar-refractivity contribution is 9.10. The van der Waals surface area contributed by atoms with Crippen molar-refractivity contribution >= 4 is 45.0 Å². The molecule has 0 saturated carbocycles. The summed E-state index contributed by atoms with van der Waals surface area (Å²) in [6, 6.07) is 2.92. The summed E-state index contributed by atoms with van der Waals surface area (Å²) in [6.45, 7) is 8.45. The van der Waals surface area contributed by atoms with Gasteiger partial charge >= 0.3 is 0 Å². The van der Waals surface area contributed by atoms with Gasteiger partial charge in [-0.15, -0.1) is 5.10 Å². The molecule has 2 atom stereocenters. The second-order valence-corrected chi connectivity index (χ2v) is 9.47. The van der Waals surface area contributed by atoms with E-state index in [4.69, 9.17) is 27.9 Å². The van der Waals surface area contributed by atoms with Crippen LogP contribution in [0.3, 0.4) is 0 Å². The zero-order chi connectivity index (χ0) is 21.8. The molecule has 0 aliphatic rings. The SMILES string of the molecule is CNC(C)c1cn(C(C(=O)NCCOc2c(Cl)cc(Br)cc2Cl)C(C)(C)C)nn1. The number of carbonyl (C=O) groups is 1. The third-order valence-corrected chi connectivity index (χ3v) is 5.37. The lowest BCUT2D eigenvalue weighted by Gasteiger charge is -2.29. The summed E-state index contributed by atoms with van der Waals surface area (Å²) in [5.41, 5.74) is 0.411. The van der Waals surface area contributed by atoms with Crippen LogP contribution in [0.25, 0.3) is 0 Å². The van der Waals surface area contributed by atoms with E-state index in [0.717, 1.165) is 10.2 Å². The Balaban J connectivity index is 2.02. The van der Waals surface area contributed by atoms with Crippen molar-refractivity contribution < 1.29 is 9.53 Å². The van der Waals surface area contributed by atoms with E-state index in [9.17, 15) is 4.79 Å². The van der Waals surface area contributed by atoms with Crippen molar-refractivity contribution in [3.63, 3.8) is 0 Å². The Bertz CT molecular complexity index is 830. The van der Waals surface area contributed by atoms with E-state index in [0.29, 0.717) is 22.3 Å². The molecule has 1 amide bonds. The number of halogens is 3. The van der Waals surface area contributed by atoms with Crippen LogP contribution in [0.5, 0.6) is 5.75 Å². The molecule has 0 aliphatic carbocycles. The maximum Gasteiger partial charge on any atom is 0.245 e. The minimum atomic E-state index is -0.521. The molecule has 0 aliphatic heterocycles. The van der Waals surface area contributed by atoms with Crippen molar-refractivity contribution in [2.75, 3.05) is 20.2 Å². The number of nitrogens with one attached hydrogen (secondary N) is 2. The Labute approximate surface area is 189 Å². The third-order valence-electron chi connectivity index (χ3n) is 4.35. The van der Waals surface area contributed by atoms with E-state index in [1.165, 1.54) is 0 Å². The Morgan fingerprint density at radius 1 is 1.31 bits per heavy atom. The molecule has 2 N–H and O–H groups in total. The van der Waals surface area contributed by atoms with Crippen LogP contribution >= 0.6 is 39.1 Å². The number of hydrogen-bond acceptors (Lipinski definition) is 5. The summed E-state index contributed by atoms with van der Waals surface area (Å²) in [5, 5.41) is 15.2. The number of amides is 1. The van der Waals surface area contributed by atoms with E-state index in [1.807, 2.05) is 34.7 Å². The van der Waals surface area contributed by atoms with Crippen LogP contribution in [-0.4, -0.2) is 41.1 Å². The molecule has 0 fully saturated rings. The van der Waals surface area contributed by atoms with Crippen molar-refractivity contribution in [1.29, 1.82) is 0 Å². The van der Waals surface area contributed by atoms with Crippen LogP contribution in [0.4, 0.5) is 0 Å². The fourth-order valence-corrected chi connectivity index (χ4v) is 4.08. The normalized spacial score (nSPS) is 13.8. The Morgan fingerprint density at radius 3 is 2.48 bits per heavy atom. The molecule has 1 aromatic carbocycles. The maximum absolute atomic E-state index is 12.9. The zero-order valence-electron chi connectivity index (χ0n) is 17.1. The van der Waals surface area contributed by atoms with Gasteiger partial charge in [-0.3, -0.25) is 4.79 Å². The first kappa shape index (κ1) is 23.9. The van der Waals surface area contributed by atoms with Crippen molar-refractivity contribution in [2.24, 2.45) is 5.41 Å². The lowest BCUT2D eigenvalue weighted by molar-refractivity contribution is -0.127. The molecule has 2 rings (SSSR count). The molecule has 0 spiro atoms. The summed E-state index contributed by atoms with van der Waals surface area (Å²) < 4.78 is 8.03. The quantitative estimate of drug-likeness (QED) is 0.518. The second kappa shape index (κ2) is 10.1. The highest BCUT2D eigenvalue weighted by Gasteiger charge is 2.34. The fourth-order valence-electron chi connectivity index (χ4n) is 2.76. The lowest BCUT2D eigenvalue weighted by Crippen LogP contribution is -2.41. The predicted octanol–water partition coefficient (Wildman–Crippen LogP) is 4.41. The standard InChI is InChI=1S/C19H26BrCl2N5O2/c1-11(23-5)15-10-27(26-25-15)17(19(2,3)4)18(28)24-6-7-29-16-13(21)8-12(20)9-14(16)22/h8-11,17,23H,6-7H2,1-5H3,(H,24,28). The summed E-state index contributed by atoms with van der Waals surface area (Å²) in [6.07, 6.45) is 1.80. The second-order valence-electron chi connectivity index (χ2n) is 7.74. The van der Waals surface area contributed by atoms with E-state index in [1.54, 1.807) is 23.0 Å². The Hall–Kier alpha value is -1.35. The first-order valence-electron chi connectivity index (χ1n) is 9.18. The molecule has 29 heavy (non-hydrogen) atoms. The minimum absolute atomic E-state index is 0.0428. The van der Waals surface area contributed by atoms with Crippen LogP contribution in [0, 0.1) is 5.41 Å².